The predicted molar refractivity (Wildman–Crippen MR) is 87.5 cm³/mol. The summed E-state index contributed by atoms with van der Waals surface area (Å²) < 4.78 is 0. The molecule has 1 aromatic rings. The van der Waals surface area contributed by atoms with Gasteiger partial charge in [-0.3, -0.25) is 19.4 Å². The van der Waals surface area contributed by atoms with Crippen molar-refractivity contribution in [2.75, 3.05) is 18.0 Å². The average molecular weight is 310 g/mol. The van der Waals surface area contributed by atoms with Crippen molar-refractivity contribution >= 4 is 17.4 Å². The van der Waals surface area contributed by atoms with E-state index < -0.39 is 5.54 Å². The Morgan fingerprint density at radius 3 is 2.83 bits per heavy atom. The minimum atomic E-state index is -0.630. The van der Waals surface area contributed by atoms with Crippen LogP contribution in [0, 0.1) is 5.41 Å². The van der Waals surface area contributed by atoms with Crippen LogP contribution in [0.5, 0.6) is 0 Å². The molecular formula is C19H22N2O2. The van der Waals surface area contributed by atoms with E-state index in [2.05, 4.69) is 11.8 Å². The maximum atomic E-state index is 13.4. The summed E-state index contributed by atoms with van der Waals surface area (Å²) in [7, 11) is 0. The smallest absolute Gasteiger partial charge is 0.228 e. The van der Waals surface area contributed by atoms with E-state index >= 15 is 0 Å². The SMILES string of the molecule is CCC12CCCN3CCC4(C(=O)c5ccccc5N4C(=O)C1)C32. The van der Waals surface area contributed by atoms with Crippen LogP contribution >= 0.6 is 0 Å². The van der Waals surface area contributed by atoms with Crippen molar-refractivity contribution < 1.29 is 9.59 Å². The topological polar surface area (TPSA) is 40.6 Å². The Bertz CT molecular complexity index is 730. The second-order valence-corrected chi connectivity index (χ2v) is 7.68. The number of nitrogens with zero attached hydrogens (tertiary/aromatic N) is 2. The minimum absolute atomic E-state index is 0.0139. The number of hydrogen-bond donors (Lipinski definition) is 0. The van der Waals surface area contributed by atoms with E-state index in [-0.39, 0.29) is 23.1 Å². The first-order valence-electron chi connectivity index (χ1n) is 8.85. The van der Waals surface area contributed by atoms with Crippen LogP contribution in [0.4, 0.5) is 5.69 Å². The van der Waals surface area contributed by atoms with E-state index in [1.807, 2.05) is 29.2 Å². The molecule has 3 atom stereocenters. The molecule has 3 fully saturated rings. The van der Waals surface area contributed by atoms with Gasteiger partial charge in [-0.2, -0.15) is 0 Å². The van der Waals surface area contributed by atoms with Crippen molar-refractivity contribution in [1.29, 1.82) is 0 Å². The number of piperidine rings is 2. The van der Waals surface area contributed by atoms with Gasteiger partial charge in [0.2, 0.25) is 5.91 Å². The quantitative estimate of drug-likeness (QED) is 0.800. The van der Waals surface area contributed by atoms with Crippen LogP contribution in [-0.2, 0) is 4.79 Å². The van der Waals surface area contributed by atoms with Gasteiger partial charge in [-0.25, -0.2) is 0 Å². The van der Waals surface area contributed by atoms with Crippen molar-refractivity contribution in [3.8, 4) is 0 Å². The standard InChI is InChI=1S/C19H22N2O2/c1-2-18-8-5-10-20-11-9-19(17(18)20)16(23)13-6-3-4-7-14(13)21(19)15(22)12-18/h3-4,6-7,17H,2,5,8-12H2,1H3. The summed E-state index contributed by atoms with van der Waals surface area (Å²) in [5.74, 6) is 0.346. The van der Waals surface area contributed by atoms with Gasteiger partial charge in [0.05, 0.1) is 5.69 Å². The molecule has 1 spiro atoms. The summed E-state index contributed by atoms with van der Waals surface area (Å²) in [6.45, 7) is 4.21. The van der Waals surface area contributed by atoms with E-state index in [1.165, 1.54) is 0 Å². The highest BCUT2D eigenvalue weighted by molar-refractivity contribution is 6.22. The van der Waals surface area contributed by atoms with Crippen molar-refractivity contribution in [3.05, 3.63) is 29.8 Å². The van der Waals surface area contributed by atoms with Crippen molar-refractivity contribution in [2.24, 2.45) is 5.41 Å². The Morgan fingerprint density at radius 1 is 1.17 bits per heavy atom. The summed E-state index contributed by atoms with van der Waals surface area (Å²) in [5.41, 5.74) is 0.954. The maximum absolute atomic E-state index is 13.4. The summed E-state index contributed by atoms with van der Waals surface area (Å²) >= 11 is 0. The molecule has 4 heteroatoms. The van der Waals surface area contributed by atoms with Crippen LogP contribution in [0.25, 0.3) is 0 Å². The monoisotopic (exact) mass is 310 g/mol. The van der Waals surface area contributed by atoms with E-state index in [1.54, 1.807) is 0 Å². The highest BCUT2D eigenvalue weighted by Crippen LogP contribution is 2.60. The molecule has 0 bridgehead atoms. The molecule has 3 unspecified atom stereocenters. The minimum Gasteiger partial charge on any atom is -0.297 e. The van der Waals surface area contributed by atoms with E-state index in [4.69, 9.17) is 0 Å². The second-order valence-electron chi connectivity index (χ2n) is 7.68. The van der Waals surface area contributed by atoms with Crippen molar-refractivity contribution in [1.82, 2.24) is 4.90 Å². The molecule has 4 heterocycles. The number of rotatable bonds is 1. The molecule has 4 nitrogen and oxygen atoms in total. The fraction of sp³-hybridized carbons (Fsp3) is 0.579. The normalized spacial score (nSPS) is 38.5. The number of anilines is 1. The molecule has 0 radical (unpaired) electrons. The van der Waals surface area contributed by atoms with Crippen LogP contribution in [0.2, 0.25) is 0 Å². The lowest BCUT2D eigenvalue weighted by Crippen LogP contribution is -2.71. The Kier molecular flexibility index (Phi) is 2.53. The first-order chi connectivity index (χ1) is 11.1. The number of carbonyl (C=O) groups excluding carboxylic acids is 2. The molecule has 0 aliphatic carbocycles. The fourth-order valence-corrected chi connectivity index (χ4v) is 6.09. The van der Waals surface area contributed by atoms with Gasteiger partial charge in [0.1, 0.15) is 5.54 Å². The van der Waals surface area contributed by atoms with Crippen LogP contribution in [0.1, 0.15) is 49.4 Å². The molecule has 1 amide bonds. The highest BCUT2D eigenvalue weighted by atomic mass is 16.2. The fourth-order valence-electron chi connectivity index (χ4n) is 6.09. The van der Waals surface area contributed by atoms with Gasteiger partial charge >= 0.3 is 0 Å². The van der Waals surface area contributed by atoms with Gasteiger partial charge in [0.15, 0.2) is 5.78 Å². The third kappa shape index (κ3) is 1.38. The second kappa shape index (κ2) is 4.23. The molecule has 1 aromatic carbocycles. The third-order valence-electron chi connectivity index (χ3n) is 6.94. The molecule has 23 heavy (non-hydrogen) atoms. The number of amides is 1. The lowest BCUT2D eigenvalue weighted by atomic mass is 9.60. The molecular weight excluding hydrogens is 288 g/mol. The molecule has 4 aliphatic heterocycles. The predicted octanol–water partition coefficient (Wildman–Crippen LogP) is 2.62. The summed E-state index contributed by atoms with van der Waals surface area (Å²) in [5, 5.41) is 0. The molecule has 0 aromatic heterocycles. The van der Waals surface area contributed by atoms with Crippen molar-refractivity contribution in [3.63, 3.8) is 0 Å². The number of para-hydroxylation sites is 1. The number of Topliss-reactive ketones (excluding diaryl/α,β-unsaturated/α-hetero) is 1. The van der Waals surface area contributed by atoms with Gasteiger partial charge in [0.25, 0.3) is 0 Å². The zero-order valence-electron chi connectivity index (χ0n) is 13.5. The van der Waals surface area contributed by atoms with Crippen LogP contribution in [0.3, 0.4) is 0 Å². The number of fused-ring (bicyclic) bond motifs is 2. The van der Waals surface area contributed by atoms with Gasteiger partial charge in [-0.15, -0.1) is 0 Å². The number of hydrogen-bond acceptors (Lipinski definition) is 3. The van der Waals surface area contributed by atoms with E-state index in [0.29, 0.717) is 6.42 Å². The molecule has 3 saturated heterocycles. The zero-order valence-corrected chi connectivity index (χ0v) is 13.5. The molecule has 4 aliphatic rings. The zero-order chi connectivity index (χ0) is 15.8. The van der Waals surface area contributed by atoms with Crippen LogP contribution in [-0.4, -0.2) is 41.3 Å². The van der Waals surface area contributed by atoms with E-state index in [9.17, 15) is 9.59 Å². The molecule has 120 valence electrons. The Labute approximate surface area is 136 Å². The Hall–Kier alpha value is -1.68. The highest BCUT2D eigenvalue weighted by Gasteiger charge is 2.70. The largest absolute Gasteiger partial charge is 0.297 e. The lowest BCUT2D eigenvalue weighted by molar-refractivity contribution is -0.130. The third-order valence-corrected chi connectivity index (χ3v) is 6.94. The molecule has 0 N–H and O–H groups in total. The first kappa shape index (κ1) is 13.7. The number of ketones is 1. The Balaban J connectivity index is 1.77. The average Bonchev–Trinajstić information content (AvgIpc) is 3.08. The summed E-state index contributed by atoms with van der Waals surface area (Å²) in [4.78, 5) is 31.0. The molecule has 5 rings (SSSR count). The molecule has 0 saturated carbocycles. The van der Waals surface area contributed by atoms with Crippen LogP contribution in [0.15, 0.2) is 24.3 Å². The maximum Gasteiger partial charge on any atom is 0.228 e. The van der Waals surface area contributed by atoms with Crippen LogP contribution < -0.4 is 4.90 Å². The summed E-state index contributed by atoms with van der Waals surface area (Å²) in [6.07, 6.45) is 4.59. The lowest BCUT2D eigenvalue weighted by Gasteiger charge is -2.57. The number of benzene rings is 1. The summed E-state index contributed by atoms with van der Waals surface area (Å²) in [6, 6.07) is 7.90. The van der Waals surface area contributed by atoms with Crippen molar-refractivity contribution in [2.45, 2.75) is 50.6 Å². The van der Waals surface area contributed by atoms with Gasteiger partial charge in [-0.05, 0) is 49.8 Å². The first-order valence-corrected chi connectivity index (χ1v) is 8.85. The van der Waals surface area contributed by atoms with Gasteiger partial charge in [-0.1, -0.05) is 19.1 Å². The number of carbonyl (C=O) groups is 2. The van der Waals surface area contributed by atoms with Gasteiger partial charge in [0, 0.05) is 24.6 Å². The van der Waals surface area contributed by atoms with E-state index in [0.717, 1.165) is 50.0 Å². The Morgan fingerprint density at radius 2 is 2.00 bits per heavy atom. The van der Waals surface area contributed by atoms with Gasteiger partial charge < -0.3 is 0 Å².